The number of allylic oxidation sites excluding steroid dienone is 3. The zero-order chi connectivity index (χ0) is 13.8. The molecule has 0 spiro atoms. The maximum absolute atomic E-state index is 12.1. The molecule has 0 atom stereocenters. The van der Waals surface area contributed by atoms with Crippen LogP contribution in [0.2, 0.25) is 0 Å². The van der Waals surface area contributed by atoms with E-state index in [1.54, 1.807) is 24.3 Å². The van der Waals surface area contributed by atoms with Crippen molar-refractivity contribution in [3.63, 3.8) is 0 Å². The average Bonchev–Trinajstić information content (AvgIpc) is 2.69. The third-order valence-corrected chi connectivity index (χ3v) is 3.28. The van der Waals surface area contributed by atoms with Crippen LogP contribution in [0.15, 0.2) is 48.1 Å². The van der Waals surface area contributed by atoms with Crippen LogP contribution in [0, 0.1) is 0 Å². The Labute approximate surface area is 113 Å². The fourth-order valence-electron chi connectivity index (χ4n) is 2.13. The second kappa shape index (κ2) is 5.65. The zero-order valence-electron chi connectivity index (χ0n) is 11.2. The fourth-order valence-corrected chi connectivity index (χ4v) is 2.13. The molecule has 1 aromatic rings. The van der Waals surface area contributed by atoms with Crippen LogP contribution in [-0.4, -0.2) is 23.3 Å². The van der Waals surface area contributed by atoms with Gasteiger partial charge in [0.05, 0.1) is 11.1 Å². The fraction of sp³-hybridized carbons (Fsp3) is 0.250. The molecule has 1 aromatic carbocycles. The zero-order valence-corrected chi connectivity index (χ0v) is 11.2. The normalized spacial score (nSPS) is 15.5. The summed E-state index contributed by atoms with van der Waals surface area (Å²) in [6.45, 7) is 4.37. The molecular formula is C16H17NO2. The molecule has 2 rings (SSSR count). The van der Waals surface area contributed by atoms with Gasteiger partial charge in [0.2, 0.25) is 0 Å². The van der Waals surface area contributed by atoms with Crippen LogP contribution in [0.25, 0.3) is 0 Å². The highest BCUT2D eigenvalue weighted by molar-refractivity contribution is 6.21. The van der Waals surface area contributed by atoms with Gasteiger partial charge in [-0.05, 0) is 25.5 Å². The summed E-state index contributed by atoms with van der Waals surface area (Å²) in [7, 11) is 0. The van der Waals surface area contributed by atoms with Crippen molar-refractivity contribution >= 4 is 11.8 Å². The van der Waals surface area contributed by atoms with Gasteiger partial charge < -0.3 is 0 Å². The van der Waals surface area contributed by atoms with Gasteiger partial charge in [-0.2, -0.15) is 0 Å². The van der Waals surface area contributed by atoms with Gasteiger partial charge >= 0.3 is 0 Å². The number of carbonyl (C=O) groups is 2. The van der Waals surface area contributed by atoms with Crippen LogP contribution in [0.3, 0.4) is 0 Å². The molecule has 1 heterocycles. The van der Waals surface area contributed by atoms with E-state index in [2.05, 4.69) is 6.92 Å². The molecule has 3 nitrogen and oxygen atoms in total. The number of hydrogen-bond acceptors (Lipinski definition) is 2. The standard InChI is InChI=1S/C16H17NO2/c1-3-12(4-2)8-7-11-17-15(18)13-9-5-6-10-14(13)16(17)19/h3,5-10H,4,11H2,1-2H3. The number of rotatable bonds is 4. The van der Waals surface area contributed by atoms with E-state index in [1.165, 1.54) is 10.5 Å². The maximum Gasteiger partial charge on any atom is 0.261 e. The molecule has 0 aliphatic carbocycles. The number of hydrogen-bond donors (Lipinski definition) is 0. The minimum atomic E-state index is -0.205. The highest BCUT2D eigenvalue weighted by atomic mass is 16.2. The second-order valence-corrected chi connectivity index (χ2v) is 4.39. The molecule has 0 aromatic heterocycles. The highest BCUT2D eigenvalue weighted by Crippen LogP contribution is 2.22. The van der Waals surface area contributed by atoms with Gasteiger partial charge in [-0.25, -0.2) is 0 Å². The molecular weight excluding hydrogens is 238 g/mol. The van der Waals surface area contributed by atoms with E-state index < -0.39 is 0 Å². The Morgan fingerprint density at radius 2 is 1.74 bits per heavy atom. The van der Waals surface area contributed by atoms with Crippen molar-refractivity contribution < 1.29 is 9.59 Å². The first kappa shape index (κ1) is 13.3. The van der Waals surface area contributed by atoms with Gasteiger partial charge in [0.15, 0.2) is 0 Å². The average molecular weight is 255 g/mol. The number of imide groups is 1. The van der Waals surface area contributed by atoms with Crippen LogP contribution < -0.4 is 0 Å². The molecule has 19 heavy (non-hydrogen) atoms. The molecule has 0 radical (unpaired) electrons. The number of carbonyl (C=O) groups excluding carboxylic acids is 2. The van der Waals surface area contributed by atoms with Crippen molar-refractivity contribution in [3.05, 3.63) is 59.2 Å². The SMILES string of the molecule is CC=C(C=CCN1C(=O)c2ccccc2C1=O)CC. The molecule has 1 aliphatic heterocycles. The van der Waals surface area contributed by atoms with Crippen LogP contribution in [-0.2, 0) is 0 Å². The Morgan fingerprint density at radius 1 is 1.16 bits per heavy atom. The number of nitrogens with zero attached hydrogens (tertiary/aromatic N) is 1. The highest BCUT2D eigenvalue weighted by Gasteiger charge is 2.33. The molecule has 98 valence electrons. The summed E-state index contributed by atoms with van der Waals surface area (Å²) in [5.41, 5.74) is 2.20. The van der Waals surface area contributed by atoms with Crippen LogP contribution in [0.1, 0.15) is 41.0 Å². The quantitative estimate of drug-likeness (QED) is 0.612. The summed E-state index contributed by atoms with van der Waals surface area (Å²) >= 11 is 0. The first-order valence-electron chi connectivity index (χ1n) is 6.46. The van der Waals surface area contributed by atoms with Gasteiger partial charge in [-0.1, -0.05) is 42.9 Å². The number of benzene rings is 1. The minimum absolute atomic E-state index is 0.205. The summed E-state index contributed by atoms with van der Waals surface area (Å²) in [4.78, 5) is 25.4. The van der Waals surface area contributed by atoms with Crippen LogP contribution in [0.4, 0.5) is 0 Å². The molecule has 2 amide bonds. The number of amides is 2. The van der Waals surface area contributed by atoms with E-state index in [9.17, 15) is 9.59 Å². The van der Waals surface area contributed by atoms with E-state index in [0.717, 1.165) is 6.42 Å². The van der Waals surface area contributed by atoms with E-state index in [1.807, 2.05) is 25.2 Å². The Hall–Kier alpha value is -2.16. The van der Waals surface area contributed by atoms with Gasteiger partial charge in [-0.3, -0.25) is 14.5 Å². The summed E-state index contributed by atoms with van der Waals surface area (Å²) in [5.74, 6) is -0.410. The summed E-state index contributed by atoms with van der Waals surface area (Å²) in [6.07, 6.45) is 6.79. The van der Waals surface area contributed by atoms with Crippen LogP contribution in [0.5, 0.6) is 0 Å². The predicted octanol–water partition coefficient (Wildman–Crippen LogP) is 3.20. The molecule has 0 fully saturated rings. The largest absolute Gasteiger partial charge is 0.270 e. The molecule has 3 heteroatoms. The third-order valence-electron chi connectivity index (χ3n) is 3.28. The van der Waals surface area contributed by atoms with Crippen molar-refractivity contribution in [1.29, 1.82) is 0 Å². The van der Waals surface area contributed by atoms with E-state index in [-0.39, 0.29) is 11.8 Å². The molecule has 1 aliphatic rings. The maximum atomic E-state index is 12.1. The lowest BCUT2D eigenvalue weighted by molar-refractivity contribution is 0.0672. The Bertz CT molecular complexity index is 535. The summed E-state index contributed by atoms with van der Waals surface area (Å²) in [6, 6.07) is 6.95. The Morgan fingerprint density at radius 3 is 2.21 bits per heavy atom. The van der Waals surface area contributed by atoms with Crippen molar-refractivity contribution in [2.24, 2.45) is 0 Å². The molecule has 0 unspecified atom stereocenters. The van der Waals surface area contributed by atoms with E-state index in [0.29, 0.717) is 17.7 Å². The lowest BCUT2D eigenvalue weighted by Gasteiger charge is -2.10. The van der Waals surface area contributed by atoms with Gasteiger partial charge in [0.25, 0.3) is 11.8 Å². The van der Waals surface area contributed by atoms with Crippen molar-refractivity contribution in [2.75, 3.05) is 6.54 Å². The van der Waals surface area contributed by atoms with Crippen LogP contribution >= 0.6 is 0 Å². The number of fused-ring (bicyclic) bond motifs is 1. The van der Waals surface area contributed by atoms with E-state index >= 15 is 0 Å². The molecule has 0 saturated carbocycles. The molecule has 0 bridgehead atoms. The van der Waals surface area contributed by atoms with Gasteiger partial charge in [-0.15, -0.1) is 0 Å². The smallest absolute Gasteiger partial charge is 0.261 e. The minimum Gasteiger partial charge on any atom is -0.270 e. The Kier molecular flexibility index (Phi) is 3.95. The second-order valence-electron chi connectivity index (χ2n) is 4.39. The molecule has 0 saturated heterocycles. The monoisotopic (exact) mass is 255 g/mol. The first-order chi connectivity index (χ1) is 9.19. The van der Waals surface area contributed by atoms with E-state index in [4.69, 9.17) is 0 Å². The first-order valence-corrected chi connectivity index (χ1v) is 6.46. The third kappa shape index (κ3) is 2.50. The predicted molar refractivity (Wildman–Crippen MR) is 75.0 cm³/mol. The topological polar surface area (TPSA) is 37.4 Å². The van der Waals surface area contributed by atoms with Crippen molar-refractivity contribution in [3.8, 4) is 0 Å². The van der Waals surface area contributed by atoms with Gasteiger partial charge in [0.1, 0.15) is 0 Å². The van der Waals surface area contributed by atoms with Crippen molar-refractivity contribution in [1.82, 2.24) is 4.90 Å². The molecule has 0 N–H and O–H groups in total. The van der Waals surface area contributed by atoms with Gasteiger partial charge in [0, 0.05) is 6.54 Å². The summed E-state index contributed by atoms with van der Waals surface area (Å²) in [5, 5.41) is 0. The Balaban J connectivity index is 2.13. The van der Waals surface area contributed by atoms with Crippen molar-refractivity contribution in [2.45, 2.75) is 20.3 Å². The summed E-state index contributed by atoms with van der Waals surface area (Å²) < 4.78 is 0. The lowest BCUT2D eigenvalue weighted by Crippen LogP contribution is -2.29. The lowest BCUT2D eigenvalue weighted by atomic mass is 10.1.